The maximum Gasteiger partial charge on any atom is 0.258 e. The van der Waals surface area contributed by atoms with E-state index in [1.165, 1.54) is 6.42 Å². The second-order valence-electron chi connectivity index (χ2n) is 5.71. The third kappa shape index (κ3) is 2.62. The lowest BCUT2D eigenvalue weighted by Gasteiger charge is -2.33. The number of hydroxylamine groups is 1. The van der Waals surface area contributed by atoms with Crippen LogP contribution in [0.2, 0.25) is 0 Å². The standard InChI is InChI=1S/C16H20N2O4/c1-10(15(17)19)21-14-8-11(4-5-13(14)20-2)12-9-16(22-18-12)6-3-7-16/h4-5,8-10,18H,3,6-7H2,1-2H3,(H2,17,19). The number of rotatable bonds is 5. The predicted molar refractivity (Wildman–Crippen MR) is 81.1 cm³/mol. The van der Waals surface area contributed by atoms with Gasteiger partial charge in [0, 0.05) is 5.56 Å². The van der Waals surface area contributed by atoms with Gasteiger partial charge in [-0.1, -0.05) is 0 Å². The molecule has 1 unspecified atom stereocenters. The summed E-state index contributed by atoms with van der Waals surface area (Å²) in [5.41, 5.74) is 9.89. The highest BCUT2D eigenvalue weighted by molar-refractivity contribution is 5.79. The maximum absolute atomic E-state index is 11.2. The number of benzene rings is 1. The van der Waals surface area contributed by atoms with Gasteiger partial charge in [-0.15, -0.1) is 0 Å². The van der Waals surface area contributed by atoms with Gasteiger partial charge in [-0.25, -0.2) is 0 Å². The van der Waals surface area contributed by atoms with Crippen LogP contribution in [-0.2, 0) is 9.63 Å². The van der Waals surface area contributed by atoms with Crippen LogP contribution in [0.15, 0.2) is 24.3 Å². The highest BCUT2D eigenvalue weighted by Crippen LogP contribution is 2.42. The van der Waals surface area contributed by atoms with E-state index in [0.29, 0.717) is 11.5 Å². The second kappa shape index (κ2) is 5.53. The summed E-state index contributed by atoms with van der Waals surface area (Å²) in [6, 6.07) is 5.53. The largest absolute Gasteiger partial charge is 0.493 e. The quantitative estimate of drug-likeness (QED) is 0.866. The molecular formula is C16H20N2O4. The molecule has 0 saturated heterocycles. The lowest BCUT2D eigenvalue weighted by atomic mass is 9.80. The molecule has 1 heterocycles. The first kappa shape index (κ1) is 14.7. The third-order valence-corrected chi connectivity index (χ3v) is 4.15. The minimum absolute atomic E-state index is 0.156. The van der Waals surface area contributed by atoms with Crippen LogP contribution in [0, 0.1) is 0 Å². The smallest absolute Gasteiger partial charge is 0.258 e. The number of hydrogen-bond donors (Lipinski definition) is 2. The number of nitrogens with two attached hydrogens (primary N) is 1. The van der Waals surface area contributed by atoms with E-state index < -0.39 is 12.0 Å². The first-order chi connectivity index (χ1) is 10.5. The van der Waals surface area contributed by atoms with Crippen LogP contribution in [0.25, 0.3) is 5.70 Å². The van der Waals surface area contributed by atoms with Crippen molar-refractivity contribution in [3.8, 4) is 11.5 Å². The summed E-state index contributed by atoms with van der Waals surface area (Å²) in [5, 5.41) is 0. The summed E-state index contributed by atoms with van der Waals surface area (Å²) in [6.07, 6.45) is 4.62. The predicted octanol–water partition coefficient (Wildman–Crippen LogP) is 1.75. The molecule has 22 heavy (non-hydrogen) atoms. The highest BCUT2D eigenvalue weighted by Gasteiger charge is 2.41. The molecule has 1 aromatic carbocycles. The van der Waals surface area contributed by atoms with Gasteiger partial charge in [0.25, 0.3) is 5.91 Å². The molecule has 1 saturated carbocycles. The number of nitrogens with one attached hydrogen (secondary N) is 1. The molecule has 1 aliphatic carbocycles. The monoisotopic (exact) mass is 304 g/mol. The summed E-state index contributed by atoms with van der Waals surface area (Å²) < 4.78 is 10.9. The molecule has 0 bridgehead atoms. The first-order valence-corrected chi connectivity index (χ1v) is 7.34. The van der Waals surface area contributed by atoms with Crippen molar-refractivity contribution in [2.45, 2.75) is 37.9 Å². The van der Waals surface area contributed by atoms with Crippen LogP contribution < -0.4 is 20.7 Å². The van der Waals surface area contributed by atoms with Gasteiger partial charge in [-0.05, 0) is 50.5 Å². The molecule has 1 atom stereocenters. The molecule has 0 aromatic heterocycles. The van der Waals surface area contributed by atoms with Gasteiger partial charge in [0.15, 0.2) is 17.6 Å². The number of carbonyl (C=O) groups is 1. The Morgan fingerprint density at radius 2 is 2.18 bits per heavy atom. The maximum atomic E-state index is 11.2. The lowest BCUT2D eigenvalue weighted by Crippen LogP contribution is -2.36. The van der Waals surface area contributed by atoms with Crippen LogP contribution in [0.1, 0.15) is 31.7 Å². The molecule has 1 aromatic rings. The summed E-state index contributed by atoms with van der Waals surface area (Å²) in [6.45, 7) is 1.61. The van der Waals surface area contributed by atoms with Crippen molar-refractivity contribution in [1.29, 1.82) is 0 Å². The fourth-order valence-corrected chi connectivity index (χ4v) is 2.58. The molecule has 118 valence electrons. The molecule has 1 fully saturated rings. The molecule has 1 aliphatic heterocycles. The molecular weight excluding hydrogens is 284 g/mol. The van der Waals surface area contributed by atoms with Crippen molar-refractivity contribution in [2.75, 3.05) is 7.11 Å². The lowest BCUT2D eigenvalue weighted by molar-refractivity contribution is -0.124. The van der Waals surface area contributed by atoms with Crippen molar-refractivity contribution in [2.24, 2.45) is 5.73 Å². The third-order valence-electron chi connectivity index (χ3n) is 4.15. The van der Waals surface area contributed by atoms with Crippen LogP contribution in [0.3, 0.4) is 0 Å². The van der Waals surface area contributed by atoms with Crippen molar-refractivity contribution in [3.05, 3.63) is 29.8 Å². The zero-order chi connectivity index (χ0) is 15.7. The van der Waals surface area contributed by atoms with Crippen LogP contribution in [0.5, 0.6) is 11.5 Å². The van der Waals surface area contributed by atoms with E-state index in [4.69, 9.17) is 20.0 Å². The fraction of sp³-hybridized carbons (Fsp3) is 0.438. The fourth-order valence-electron chi connectivity index (χ4n) is 2.58. The number of carbonyl (C=O) groups excluding carboxylic acids is 1. The van der Waals surface area contributed by atoms with Crippen molar-refractivity contribution < 1.29 is 19.1 Å². The van der Waals surface area contributed by atoms with Crippen LogP contribution in [0.4, 0.5) is 0 Å². The van der Waals surface area contributed by atoms with E-state index >= 15 is 0 Å². The summed E-state index contributed by atoms with van der Waals surface area (Å²) in [7, 11) is 1.55. The van der Waals surface area contributed by atoms with Gasteiger partial charge < -0.3 is 15.2 Å². The van der Waals surface area contributed by atoms with Gasteiger partial charge in [0.1, 0.15) is 5.60 Å². The Morgan fingerprint density at radius 1 is 1.41 bits per heavy atom. The van der Waals surface area contributed by atoms with E-state index in [1.54, 1.807) is 20.1 Å². The van der Waals surface area contributed by atoms with Gasteiger partial charge in [0.2, 0.25) is 0 Å². The number of ether oxygens (including phenoxy) is 2. The number of methoxy groups -OCH3 is 1. The summed E-state index contributed by atoms with van der Waals surface area (Å²) in [4.78, 5) is 16.9. The number of amides is 1. The van der Waals surface area contributed by atoms with Gasteiger partial charge in [0.05, 0.1) is 12.8 Å². The average Bonchev–Trinajstić information content (AvgIpc) is 2.92. The molecule has 1 spiro atoms. The Hall–Kier alpha value is -2.21. The van der Waals surface area contributed by atoms with Gasteiger partial charge >= 0.3 is 0 Å². The normalized spacial score (nSPS) is 19.8. The van der Waals surface area contributed by atoms with E-state index in [2.05, 4.69) is 11.6 Å². The van der Waals surface area contributed by atoms with Crippen molar-refractivity contribution in [1.82, 2.24) is 5.48 Å². The molecule has 1 amide bonds. The van der Waals surface area contributed by atoms with Crippen molar-refractivity contribution >= 4 is 11.6 Å². The van der Waals surface area contributed by atoms with E-state index in [0.717, 1.165) is 24.1 Å². The first-order valence-electron chi connectivity index (χ1n) is 7.34. The van der Waals surface area contributed by atoms with E-state index in [9.17, 15) is 4.79 Å². The molecule has 3 N–H and O–H groups in total. The topological polar surface area (TPSA) is 82.8 Å². The minimum Gasteiger partial charge on any atom is -0.493 e. The van der Waals surface area contributed by atoms with Gasteiger partial charge in [-0.3, -0.25) is 15.1 Å². The Kier molecular flexibility index (Phi) is 3.70. The Bertz CT molecular complexity index is 623. The minimum atomic E-state index is -0.733. The Balaban J connectivity index is 1.87. The van der Waals surface area contributed by atoms with Crippen LogP contribution >= 0.6 is 0 Å². The summed E-state index contributed by atoms with van der Waals surface area (Å²) >= 11 is 0. The SMILES string of the molecule is COc1ccc(C2=CC3(CCC3)ON2)cc1OC(C)C(N)=O. The molecule has 3 rings (SSSR count). The highest BCUT2D eigenvalue weighted by atomic mass is 16.7. The number of primary amides is 1. The molecule has 2 aliphatic rings. The van der Waals surface area contributed by atoms with Gasteiger partial charge in [-0.2, -0.15) is 0 Å². The zero-order valence-electron chi connectivity index (χ0n) is 12.7. The zero-order valence-corrected chi connectivity index (χ0v) is 12.7. The average molecular weight is 304 g/mol. The molecule has 6 nitrogen and oxygen atoms in total. The Morgan fingerprint density at radius 3 is 2.73 bits per heavy atom. The van der Waals surface area contributed by atoms with E-state index in [1.807, 2.05) is 12.1 Å². The Labute approximate surface area is 129 Å². The van der Waals surface area contributed by atoms with Crippen LogP contribution in [-0.4, -0.2) is 24.7 Å². The summed E-state index contributed by atoms with van der Waals surface area (Å²) in [5.74, 6) is 0.501. The molecule has 0 radical (unpaired) electrons. The number of hydrogen-bond acceptors (Lipinski definition) is 5. The van der Waals surface area contributed by atoms with E-state index in [-0.39, 0.29) is 5.60 Å². The second-order valence-corrected chi connectivity index (χ2v) is 5.71. The van der Waals surface area contributed by atoms with Crippen molar-refractivity contribution in [3.63, 3.8) is 0 Å². The molecule has 6 heteroatoms.